The van der Waals surface area contributed by atoms with Crippen molar-refractivity contribution in [2.24, 2.45) is 0 Å². The molecule has 0 aromatic heterocycles. The average Bonchev–Trinajstić information content (AvgIpc) is 2.28. The summed E-state index contributed by atoms with van der Waals surface area (Å²) in [5.41, 5.74) is 1.64. The van der Waals surface area contributed by atoms with Crippen LogP contribution in [0.5, 0.6) is 0 Å². The zero-order valence-corrected chi connectivity index (χ0v) is 9.64. The number of fused-ring (bicyclic) bond motifs is 1. The number of hydrogen-bond acceptors (Lipinski definition) is 4. The summed E-state index contributed by atoms with van der Waals surface area (Å²) < 4.78 is 0. The van der Waals surface area contributed by atoms with Gasteiger partial charge < -0.3 is 15.4 Å². The molecule has 1 unspecified atom stereocenters. The van der Waals surface area contributed by atoms with E-state index in [9.17, 15) is 9.59 Å². The number of anilines is 2. The summed E-state index contributed by atoms with van der Waals surface area (Å²) in [5, 5.41) is 5.73. The standard InChI is InChI=1S/C11H12N2O2S/c1-7-11(15)13-9-6-8(12-4-5-14)2-3-10(9)16-7/h2-3,5-7,12H,4H2,1H3,(H,13,15). The molecule has 0 fully saturated rings. The largest absolute Gasteiger partial charge is 0.378 e. The molecule has 1 aromatic rings. The molecule has 0 aliphatic carbocycles. The zero-order chi connectivity index (χ0) is 11.5. The third kappa shape index (κ3) is 2.19. The minimum atomic E-state index is -0.0544. The van der Waals surface area contributed by atoms with Crippen LogP contribution in [0.15, 0.2) is 23.1 Å². The van der Waals surface area contributed by atoms with Crippen LogP contribution in [0, 0.1) is 0 Å². The van der Waals surface area contributed by atoms with Crippen LogP contribution in [0.3, 0.4) is 0 Å². The number of rotatable bonds is 3. The molecule has 2 N–H and O–H groups in total. The average molecular weight is 236 g/mol. The van der Waals surface area contributed by atoms with Gasteiger partial charge in [0.15, 0.2) is 0 Å². The van der Waals surface area contributed by atoms with Crippen molar-refractivity contribution in [1.29, 1.82) is 0 Å². The summed E-state index contributed by atoms with van der Waals surface area (Å²) in [6.45, 7) is 2.15. The Morgan fingerprint density at radius 3 is 3.12 bits per heavy atom. The van der Waals surface area contributed by atoms with Gasteiger partial charge in [-0.15, -0.1) is 11.8 Å². The van der Waals surface area contributed by atoms with Gasteiger partial charge >= 0.3 is 0 Å². The number of nitrogens with one attached hydrogen (secondary N) is 2. The van der Waals surface area contributed by atoms with Gasteiger partial charge in [-0.25, -0.2) is 0 Å². The number of carbonyl (C=O) groups excluding carboxylic acids is 2. The fourth-order valence-electron chi connectivity index (χ4n) is 1.48. The number of amides is 1. The van der Waals surface area contributed by atoms with Gasteiger partial charge in [0.2, 0.25) is 5.91 Å². The fraction of sp³-hybridized carbons (Fsp3) is 0.273. The van der Waals surface area contributed by atoms with Crippen molar-refractivity contribution in [3.8, 4) is 0 Å². The summed E-state index contributed by atoms with van der Waals surface area (Å²) >= 11 is 1.54. The van der Waals surface area contributed by atoms with Crippen molar-refractivity contribution in [2.45, 2.75) is 17.1 Å². The minimum absolute atomic E-state index is 0.0186. The Kier molecular flexibility index (Phi) is 3.14. The molecule has 0 spiro atoms. The highest BCUT2D eigenvalue weighted by atomic mass is 32.2. The van der Waals surface area contributed by atoms with Crippen molar-refractivity contribution in [2.75, 3.05) is 17.2 Å². The van der Waals surface area contributed by atoms with Crippen molar-refractivity contribution in [3.05, 3.63) is 18.2 Å². The highest BCUT2D eigenvalue weighted by molar-refractivity contribution is 8.00. The highest BCUT2D eigenvalue weighted by Gasteiger charge is 2.22. The van der Waals surface area contributed by atoms with E-state index in [4.69, 9.17) is 0 Å². The highest BCUT2D eigenvalue weighted by Crippen LogP contribution is 2.36. The van der Waals surface area contributed by atoms with Crippen molar-refractivity contribution < 1.29 is 9.59 Å². The summed E-state index contributed by atoms with van der Waals surface area (Å²) in [4.78, 5) is 22.8. The van der Waals surface area contributed by atoms with Gasteiger partial charge in [0.1, 0.15) is 6.29 Å². The zero-order valence-electron chi connectivity index (χ0n) is 8.82. The van der Waals surface area contributed by atoms with E-state index in [-0.39, 0.29) is 17.7 Å². The maximum atomic E-state index is 11.5. The van der Waals surface area contributed by atoms with Crippen LogP contribution in [0.2, 0.25) is 0 Å². The Hall–Kier alpha value is -1.49. The van der Waals surface area contributed by atoms with E-state index in [1.54, 1.807) is 11.8 Å². The predicted octanol–water partition coefficient (Wildman–Crippen LogP) is 1.73. The summed E-state index contributed by atoms with van der Waals surface area (Å²) in [6, 6.07) is 5.69. The van der Waals surface area contributed by atoms with Crippen LogP contribution in [0.1, 0.15) is 6.92 Å². The normalized spacial score (nSPS) is 18.6. The third-order valence-corrected chi connectivity index (χ3v) is 3.48. The second kappa shape index (κ2) is 4.57. The van der Waals surface area contributed by atoms with Crippen molar-refractivity contribution in [1.82, 2.24) is 0 Å². The lowest BCUT2D eigenvalue weighted by Crippen LogP contribution is -2.26. The number of benzene rings is 1. The van der Waals surface area contributed by atoms with Gasteiger partial charge in [0.05, 0.1) is 17.5 Å². The Labute approximate surface area is 97.8 Å². The van der Waals surface area contributed by atoms with Crippen LogP contribution in [-0.2, 0) is 9.59 Å². The molecule has 1 aliphatic heterocycles. The van der Waals surface area contributed by atoms with E-state index in [0.717, 1.165) is 22.6 Å². The maximum absolute atomic E-state index is 11.5. The monoisotopic (exact) mass is 236 g/mol. The quantitative estimate of drug-likeness (QED) is 0.785. The molecule has 0 radical (unpaired) electrons. The number of carbonyl (C=O) groups is 2. The SMILES string of the molecule is CC1Sc2ccc(NCC=O)cc2NC1=O. The molecule has 1 aromatic carbocycles. The molecule has 5 heteroatoms. The second-order valence-electron chi connectivity index (χ2n) is 3.51. The second-order valence-corrected chi connectivity index (χ2v) is 4.89. The first kappa shape index (κ1) is 11.0. The van der Waals surface area contributed by atoms with Gasteiger partial charge in [-0.3, -0.25) is 4.79 Å². The first-order valence-electron chi connectivity index (χ1n) is 5.00. The number of aldehydes is 1. The molecule has 1 atom stereocenters. The van der Waals surface area contributed by atoms with Crippen LogP contribution < -0.4 is 10.6 Å². The van der Waals surface area contributed by atoms with Crippen LogP contribution in [0.25, 0.3) is 0 Å². The van der Waals surface area contributed by atoms with Gasteiger partial charge in [0.25, 0.3) is 0 Å². The molecule has 2 rings (SSSR count). The van der Waals surface area contributed by atoms with Crippen molar-refractivity contribution in [3.63, 3.8) is 0 Å². The molecule has 0 saturated heterocycles. The summed E-state index contributed by atoms with van der Waals surface area (Å²) in [6.07, 6.45) is 0.800. The van der Waals surface area contributed by atoms with E-state index < -0.39 is 0 Å². The van der Waals surface area contributed by atoms with E-state index in [1.807, 2.05) is 25.1 Å². The lowest BCUT2D eigenvalue weighted by molar-refractivity contribution is -0.115. The molecule has 84 valence electrons. The van der Waals surface area contributed by atoms with E-state index in [0.29, 0.717) is 0 Å². The molecule has 0 saturated carbocycles. The van der Waals surface area contributed by atoms with Gasteiger partial charge in [-0.2, -0.15) is 0 Å². The van der Waals surface area contributed by atoms with E-state index in [2.05, 4.69) is 10.6 Å². The fourth-order valence-corrected chi connectivity index (χ4v) is 2.41. The van der Waals surface area contributed by atoms with Gasteiger partial charge in [0, 0.05) is 10.6 Å². The lowest BCUT2D eigenvalue weighted by atomic mass is 10.2. The van der Waals surface area contributed by atoms with E-state index in [1.165, 1.54) is 0 Å². The lowest BCUT2D eigenvalue weighted by Gasteiger charge is -2.21. The number of thioether (sulfide) groups is 1. The minimum Gasteiger partial charge on any atom is -0.378 e. The van der Waals surface area contributed by atoms with Crippen molar-refractivity contribution >= 4 is 35.3 Å². The summed E-state index contributed by atoms with van der Waals surface area (Å²) in [5.74, 6) is 0.0186. The Balaban J connectivity index is 2.22. The van der Waals surface area contributed by atoms with E-state index >= 15 is 0 Å². The van der Waals surface area contributed by atoms with Crippen LogP contribution in [0.4, 0.5) is 11.4 Å². The molecule has 0 bridgehead atoms. The molecule has 4 nitrogen and oxygen atoms in total. The summed E-state index contributed by atoms with van der Waals surface area (Å²) in [7, 11) is 0. The van der Waals surface area contributed by atoms with Gasteiger partial charge in [-0.1, -0.05) is 0 Å². The Bertz CT molecular complexity index is 434. The molecule has 1 aliphatic rings. The molecular weight excluding hydrogens is 224 g/mol. The first-order valence-corrected chi connectivity index (χ1v) is 5.88. The topological polar surface area (TPSA) is 58.2 Å². The van der Waals surface area contributed by atoms with Gasteiger partial charge in [-0.05, 0) is 25.1 Å². The Morgan fingerprint density at radius 1 is 1.56 bits per heavy atom. The molecule has 16 heavy (non-hydrogen) atoms. The third-order valence-electron chi connectivity index (χ3n) is 2.30. The smallest absolute Gasteiger partial charge is 0.237 e. The Morgan fingerprint density at radius 2 is 2.38 bits per heavy atom. The predicted molar refractivity (Wildman–Crippen MR) is 64.9 cm³/mol. The molecule has 1 amide bonds. The van der Waals surface area contributed by atoms with Crippen LogP contribution >= 0.6 is 11.8 Å². The first-order chi connectivity index (χ1) is 7.70. The molecular formula is C11H12N2O2S. The van der Waals surface area contributed by atoms with Crippen LogP contribution in [-0.4, -0.2) is 24.0 Å². The maximum Gasteiger partial charge on any atom is 0.237 e. The number of hydrogen-bond donors (Lipinski definition) is 2. The molecule has 1 heterocycles.